The number of rotatable bonds is 4. The zero-order chi connectivity index (χ0) is 14.8. The number of hydrogen-bond acceptors (Lipinski definition) is 3. The summed E-state index contributed by atoms with van der Waals surface area (Å²) in [5.74, 6) is -0.470. The summed E-state index contributed by atoms with van der Waals surface area (Å²) < 4.78 is 38.7. The molecule has 0 heterocycles. The first-order valence-corrected chi connectivity index (χ1v) is 7.40. The SMILES string of the molecule is CN(Cc1cccc(N)c1)S(=O)(=O)c1ccc(F)cc1. The molecule has 20 heavy (non-hydrogen) atoms. The van der Waals surface area contributed by atoms with E-state index in [0.29, 0.717) is 5.69 Å². The molecule has 0 radical (unpaired) electrons. The second kappa shape index (κ2) is 5.60. The molecule has 0 aliphatic carbocycles. The lowest BCUT2D eigenvalue weighted by atomic mass is 10.2. The van der Waals surface area contributed by atoms with Crippen molar-refractivity contribution in [2.24, 2.45) is 0 Å². The van der Waals surface area contributed by atoms with Gasteiger partial charge in [0.15, 0.2) is 0 Å². The molecule has 2 rings (SSSR count). The smallest absolute Gasteiger partial charge is 0.243 e. The van der Waals surface area contributed by atoms with Crippen molar-refractivity contribution in [2.45, 2.75) is 11.4 Å². The van der Waals surface area contributed by atoms with Crippen LogP contribution >= 0.6 is 0 Å². The molecule has 2 aromatic carbocycles. The second-order valence-corrected chi connectivity index (χ2v) is 6.50. The van der Waals surface area contributed by atoms with E-state index in [1.807, 2.05) is 0 Å². The van der Waals surface area contributed by atoms with Crippen LogP contribution in [0.1, 0.15) is 5.56 Å². The van der Waals surface area contributed by atoms with Crippen molar-refractivity contribution >= 4 is 15.7 Å². The van der Waals surface area contributed by atoms with Crippen molar-refractivity contribution in [2.75, 3.05) is 12.8 Å². The molecule has 0 amide bonds. The third kappa shape index (κ3) is 3.15. The van der Waals surface area contributed by atoms with Crippen LogP contribution in [0.2, 0.25) is 0 Å². The lowest BCUT2D eigenvalue weighted by molar-refractivity contribution is 0.466. The maximum Gasteiger partial charge on any atom is 0.243 e. The van der Waals surface area contributed by atoms with Crippen LogP contribution in [0.5, 0.6) is 0 Å². The largest absolute Gasteiger partial charge is 0.399 e. The van der Waals surface area contributed by atoms with E-state index < -0.39 is 15.8 Å². The highest BCUT2D eigenvalue weighted by atomic mass is 32.2. The molecule has 0 aliphatic rings. The lowest BCUT2D eigenvalue weighted by Crippen LogP contribution is -2.26. The fourth-order valence-corrected chi connectivity index (χ4v) is 2.98. The van der Waals surface area contributed by atoms with Gasteiger partial charge < -0.3 is 5.73 Å². The standard InChI is InChI=1S/C14H15FN2O2S/c1-17(10-11-3-2-4-13(16)9-11)20(18,19)14-7-5-12(15)6-8-14/h2-9H,10,16H2,1H3. The normalized spacial score (nSPS) is 11.8. The molecule has 0 fully saturated rings. The Morgan fingerprint density at radius 2 is 1.80 bits per heavy atom. The van der Waals surface area contributed by atoms with Gasteiger partial charge in [-0.1, -0.05) is 12.1 Å². The van der Waals surface area contributed by atoms with Gasteiger partial charge in [0, 0.05) is 19.3 Å². The molecule has 0 saturated heterocycles. The quantitative estimate of drug-likeness (QED) is 0.880. The summed E-state index contributed by atoms with van der Waals surface area (Å²) >= 11 is 0. The fourth-order valence-electron chi connectivity index (χ4n) is 1.82. The van der Waals surface area contributed by atoms with Crippen LogP contribution in [0.15, 0.2) is 53.4 Å². The zero-order valence-electron chi connectivity index (χ0n) is 11.0. The molecular formula is C14H15FN2O2S. The number of nitrogens with two attached hydrogens (primary N) is 1. The number of hydrogen-bond donors (Lipinski definition) is 1. The fraction of sp³-hybridized carbons (Fsp3) is 0.143. The maximum atomic E-state index is 12.8. The van der Waals surface area contributed by atoms with E-state index in [1.54, 1.807) is 24.3 Å². The average Bonchev–Trinajstić information content (AvgIpc) is 2.39. The second-order valence-electron chi connectivity index (χ2n) is 4.46. The van der Waals surface area contributed by atoms with E-state index in [9.17, 15) is 12.8 Å². The summed E-state index contributed by atoms with van der Waals surface area (Å²) in [4.78, 5) is 0.0605. The molecule has 0 aromatic heterocycles. The van der Waals surface area contributed by atoms with Crippen LogP contribution in [-0.2, 0) is 16.6 Å². The van der Waals surface area contributed by atoms with Gasteiger partial charge in [0.05, 0.1) is 4.90 Å². The van der Waals surface area contributed by atoms with Gasteiger partial charge in [-0.05, 0) is 42.0 Å². The number of sulfonamides is 1. The summed E-state index contributed by atoms with van der Waals surface area (Å²) in [5.41, 5.74) is 7.03. The molecule has 0 aliphatic heterocycles. The van der Waals surface area contributed by atoms with E-state index in [1.165, 1.54) is 23.5 Å². The van der Waals surface area contributed by atoms with E-state index in [0.717, 1.165) is 17.7 Å². The van der Waals surface area contributed by atoms with Crippen molar-refractivity contribution in [3.63, 3.8) is 0 Å². The van der Waals surface area contributed by atoms with Gasteiger partial charge >= 0.3 is 0 Å². The van der Waals surface area contributed by atoms with Gasteiger partial charge in [0.1, 0.15) is 5.82 Å². The Bertz CT molecular complexity index is 699. The molecule has 0 atom stereocenters. The van der Waals surface area contributed by atoms with Crippen LogP contribution in [0.4, 0.5) is 10.1 Å². The van der Waals surface area contributed by atoms with Gasteiger partial charge in [-0.15, -0.1) is 0 Å². The van der Waals surface area contributed by atoms with Crippen molar-refractivity contribution in [3.8, 4) is 0 Å². The molecule has 2 N–H and O–H groups in total. The van der Waals surface area contributed by atoms with Gasteiger partial charge in [-0.3, -0.25) is 0 Å². The topological polar surface area (TPSA) is 63.4 Å². The summed E-state index contributed by atoms with van der Waals surface area (Å²) in [7, 11) is -2.17. The lowest BCUT2D eigenvalue weighted by Gasteiger charge is -2.17. The van der Waals surface area contributed by atoms with E-state index >= 15 is 0 Å². The summed E-state index contributed by atoms with van der Waals surface area (Å²) in [5, 5.41) is 0. The predicted octanol–water partition coefficient (Wildman–Crippen LogP) is 2.23. The van der Waals surface area contributed by atoms with Crippen LogP contribution < -0.4 is 5.73 Å². The van der Waals surface area contributed by atoms with Crippen molar-refractivity contribution in [1.82, 2.24) is 4.31 Å². The highest BCUT2D eigenvalue weighted by Crippen LogP contribution is 2.18. The maximum absolute atomic E-state index is 12.8. The number of nitrogen functional groups attached to an aromatic ring is 1. The third-order valence-electron chi connectivity index (χ3n) is 2.88. The van der Waals surface area contributed by atoms with Gasteiger partial charge in [-0.2, -0.15) is 4.31 Å². The minimum atomic E-state index is -3.64. The van der Waals surface area contributed by atoms with E-state index in [-0.39, 0.29) is 11.4 Å². The highest BCUT2D eigenvalue weighted by molar-refractivity contribution is 7.89. The molecule has 2 aromatic rings. The van der Waals surface area contributed by atoms with Crippen LogP contribution in [-0.4, -0.2) is 19.8 Å². The predicted molar refractivity (Wildman–Crippen MR) is 75.9 cm³/mol. The Labute approximate surface area is 117 Å². The first kappa shape index (κ1) is 14.5. The summed E-state index contributed by atoms with van der Waals surface area (Å²) in [6.07, 6.45) is 0. The van der Waals surface area contributed by atoms with E-state index in [2.05, 4.69) is 0 Å². The molecule has 0 saturated carbocycles. The monoisotopic (exact) mass is 294 g/mol. The first-order valence-electron chi connectivity index (χ1n) is 5.96. The number of anilines is 1. The Hall–Kier alpha value is -1.92. The minimum absolute atomic E-state index is 0.0605. The molecule has 4 nitrogen and oxygen atoms in total. The Kier molecular flexibility index (Phi) is 4.06. The molecule has 6 heteroatoms. The Morgan fingerprint density at radius 1 is 1.15 bits per heavy atom. The number of nitrogens with zero attached hydrogens (tertiary/aromatic N) is 1. The number of benzene rings is 2. The summed E-state index contributed by atoms with van der Waals surface area (Å²) in [6.45, 7) is 0.199. The minimum Gasteiger partial charge on any atom is -0.399 e. The van der Waals surface area contributed by atoms with Crippen LogP contribution in [0.3, 0.4) is 0 Å². The third-order valence-corrected chi connectivity index (χ3v) is 4.70. The molecule has 106 valence electrons. The van der Waals surface area contributed by atoms with Crippen molar-refractivity contribution in [1.29, 1.82) is 0 Å². The Balaban J connectivity index is 2.23. The molecular weight excluding hydrogens is 279 g/mol. The Morgan fingerprint density at radius 3 is 2.40 bits per heavy atom. The number of halogens is 1. The first-order chi connectivity index (χ1) is 9.39. The van der Waals surface area contributed by atoms with Crippen molar-refractivity contribution < 1.29 is 12.8 Å². The van der Waals surface area contributed by atoms with E-state index in [4.69, 9.17) is 5.73 Å². The van der Waals surface area contributed by atoms with Gasteiger partial charge in [0.2, 0.25) is 10.0 Å². The van der Waals surface area contributed by atoms with Crippen LogP contribution in [0.25, 0.3) is 0 Å². The average molecular weight is 294 g/mol. The van der Waals surface area contributed by atoms with Crippen LogP contribution in [0, 0.1) is 5.82 Å². The van der Waals surface area contributed by atoms with Crippen molar-refractivity contribution in [3.05, 3.63) is 59.9 Å². The summed E-state index contributed by atoms with van der Waals surface area (Å²) in [6, 6.07) is 11.8. The molecule has 0 unspecified atom stereocenters. The highest BCUT2D eigenvalue weighted by Gasteiger charge is 2.20. The van der Waals surface area contributed by atoms with Gasteiger partial charge in [-0.25, -0.2) is 12.8 Å². The molecule has 0 spiro atoms. The van der Waals surface area contributed by atoms with Gasteiger partial charge in [0.25, 0.3) is 0 Å². The zero-order valence-corrected chi connectivity index (χ0v) is 11.8. The molecule has 0 bridgehead atoms.